The van der Waals surface area contributed by atoms with Crippen LogP contribution < -0.4 is 0 Å². The first-order valence-corrected chi connectivity index (χ1v) is 34.4. The molecule has 0 spiro atoms. The Kier molecular flexibility index (Phi) is 64.7. The van der Waals surface area contributed by atoms with Crippen LogP contribution in [0.5, 0.6) is 0 Å². The first-order chi connectivity index (χ1) is 39.0. The molecule has 0 fully saturated rings. The van der Waals surface area contributed by atoms with Crippen LogP contribution in [0.3, 0.4) is 0 Å². The fourth-order valence-corrected chi connectivity index (χ4v) is 10.1. The van der Waals surface area contributed by atoms with E-state index in [0.717, 1.165) is 103 Å². The average Bonchev–Trinajstić information content (AvgIpc) is 3.45. The third kappa shape index (κ3) is 65.5. The largest absolute Gasteiger partial charge is 0.462 e. The monoisotopic (exact) mass is 1100 g/mol. The zero-order chi connectivity index (χ0) is 57.1. The minimum atomic E-state index is -0.785. The van der Waals surface area contributed by atoms with E-state index in [1.165, 1.54) is 212 Å². The van der Waals surface area contributed by atoms with Crippen molar-refractivity contribution >= 4 is 17.9 Å². The molecule has 0 aliphatic heterocycles. The number of hydrogen-bond acceptors (Lipinski definition) is 6. The van der Waals surface area contributed by atoms with E-state index in [1.807, 2.05) is 0 Å². The number of allylic oxidation sites excluding steroid dienone is 12. The lowest BCUT2D eigenvalue weighted by Gasteiger charge is -2.18. The summed E-state index contributed by atoms with van der Waals surface area (Å²) in [4.78, 5) is 38.2. The number of unbranched alkanes of at least 4 members (excludes halogenated alkanes) is 40. The summed E-state index contributed by atoms with van der Waals surface area (Å²) in [6.45, 7) is 6.51. The van der Waals surface area contributed by atoms with Crippen molar-refractivity contribution in [2.75, 3.05) is 13.2 Å². The predicted molar refractivity (Wildman–Crippen MR) is 344 cm³/mol. The highest BCUT2D eigenvalue weighted by atomic mass is 16.6. The number of carbonyl (C=O) groups excluding carboxylic acids is 3. The van der Waals surface area contributed by atoms with Crippen molar-refractivity contribution in [2.45, 2.75) is 361 Å². The van der Waals surface area contributed by atoms with E-state index in [2.05, 4.69) is 93.7 Å². The first kappa shape index (κ1) is 75.8. The summed E-state index contributed by atoms with van der Waals surface area (Å²) in [6, 6.07) is 0. The molecule has 0 saturated carbocycles. The Morgan fingerprint density at radius 2 is 0.494 bits per heavy atom. The van der Waals surface area contributed by atoms with Gasteiger partial charge in [0.1, 0.15) is 13.2 Å². The van der Waals surface area contributed by atoms with Gasteiger partial charge in [-0.25, -0.2) is 0 Å². The number of carbonyl (C=O) groups is 3. The van der Waals surface area contributed by atoms with Crippen LogP contribution in [0, 0.1) is 0 Å². The van der Waals surface area contributed by atoms with Gasteiger partial charge in [0.15, 0.2) is 6.10 Å². The van der Waals surface area contributed by atoms with Gasteiger partial charge in [-0.05, 0) is 89.9 Å². The molecule has 0 radical (unpaired) electrons. The maximum atomic E-state index is 12.9. The molecule has 0 aromatic heterocycles. The van der Waals surface area contributed by atoms with Gasteiger partial charge in [0, 0.05) is 19.3 Å². The lowest BCUT2D eigenvalue weighted by atomic mass is 10.0. The minimum Gasteiger partial charge on any atom is -0.462 e. The highest BCUT2D eigenvalue weighted by Gasteiger charge is 2.19. The molecule has 0 bridgehead atoms. The van der Waals surface area contributed by atoms with Crippen LogP contribution in [0.2, 0.25) is 0 Å². The highest BCUT2D eigenvalue weighted by Crippen LogP contribution is 2.18. The number of hydrogen-bond donors (Lipinski definition) is 0. The summed E-state index contributed by atoms with van der Waals surface area (Å²) < 4.78 is 16.9. The van der Waals surface area contributed by atoms with Crippen LogP contribution in [0.25, 0.3) is 0 Å². The summed E-state index contributed by atoms with van der Waals surface area (Å²) in [6.07, 6.45) is 88.2. The van der Waals surface area contributed by atoms with Gasteiger partial charge in [0.05, 0.1) is 0 Å². The van der Waals surface area contributed by atoms with Crippen molar-refractivity contribution in [1.29, 1.82) is 0 Å². The van der Waals surface area contributed by atoms with Gasteiger partial charge < -0.3 is 14.2 Å². The molecular formula is C73H130O6. The summed E-state index contributed by atoms with van der Waals surface area (Å²) in [7, 11) is 0. The van der Waals surface area contributed by atoms with Crippen LogP contribution in [0.1, 0.15) is 355 Å². The smallest absolute Gasteiger partial charge is 0.306 e. The predicted octanol–water partition coefficient (Wildman–Crippen LogP) is 23.7. The molecule has 458 valence electrons. The standard InChI is InChI=1S/C73H130O6/c1-4-7-10-13-16-19-21-23-25-27-28-29-30-31-32-33-34-35-36-37-38-39-40-41-42-43-44-46-47-49-51-54-57-60-63-66-72(75)78-69-70(68-77-71(74)65-62-59-56-53-18-15-12-9-6-3)79-73(76)67-64-61-58-55-52-50-48-45-26-24-22-20-17-14-11-8-5-2/h8,11,17,20-21,23-24,26-28,48,50,70H,4-7,9-10,12-16,18-19,22,25,29-47,49,51-69H2,1-3H3/b11-8-,20-17-,23-21-,26-24-,28-27-,50-48-. The Hall–Kier alpha value is -3.15. The SMILES string of the molecule is CC/C=C\C/C=C\C/C=C\C/C=C\CCCCCCC(=O)OC(COC(=O)CCCCCCCCCCC)COC(=O)CCCCCCCCCCCCCCCCCCCCCCCCC/C=C\C/C=C\CCCCCCC. The lowest BCUT2D eigenvalue weighted by molar-refractivity contribution is -0.167. The zero-order valence-electron chi connectivity index (χ0n) is 52.6. The molecule has 0 saturated heterocycles. The summed E-state index contributed by atoms with van der Waals surface area (Å²) >= 11 is 0. The molecule has 0 aliphatic carbocycles. The molecule has 0 N–H and O–H groups in total. The van der Waals surface area contributed by atoms with Gasteiger partial charge in [0.2, 0.25) is 0 Å². The second-order valence-electron chi connectivity index (χ2n) is 23.1. The number of esters is 3. The molecule has 1 unspecified atom stereocenters. The number of ether oxygens (including phenoxy) is 3. The fraction of sp³-hybridized carbons (Fsp3) is 0.795. The summed E-state index contributed by atoms with van der Waals surface area (Å²) in [5, 5.41) is 0. The Balaban J connectivity index is 4.03. The zero-order valence-corrected chi connectivity index (χ0v) is 52.6. The number of rotatable bonds is 63. The summed E-state index contributed by atoms with van der Waals surface area (Å²) in [5.74, 6) is -0.892. The quantitative estimate of drug-likeness (QED) is 0.0261. The van der Waals surface area contributed by atoms with Crippen LogP contribution in [-0.2, 0) is 28.6 Å². The lowest BCUT2D eigenvalue weighted by Crippen LogP contribution is -2.30. The van der Waals surface area contributed by atoms with Gasteiger partial charge in [-0.2, -0.15) is 0 Å². The maximum absolute atomic E-state index is 12.9. The molecule has 0 amide bonds. The first-order valence-electron chi connectivity index (χ1n) is 34.4. The minimum absolute atomic E-state index is 0.0810. The average molecular weight is 1100 g/mol. The van der Waals surface area contributed by atoms with Crippen LogP contribution >= 0.6 is 0 Å². The Bertz CT molecular complexity index is 1450. The Morgan fingerprint density at radius 1 is 0.266 bits per heavy atom. The van der Waals surface area contributed by atoms with Crippen molar-refractivity contribution in [2.24, 2.45) is 0 Å². The normalized spacial score (nSPS) is 12.5. The van der Waals surface area contributed by atoms with E-state index in [-0.39, 0.29) is 31.1 Å². The molecule has 79 heavy (non-hydrogen) atoms. The fourth-order valence-electron chi connectivity index (χ4n) is 10.1. The van der Waals surface area contributed by atoms with Gasteiger partial charge >= 0.3 is 17.9 Å². The summed E-state index contributed by atoms with van der Waals surface area (Å²) in [5.41, 5.74) is 0. The van der Waals surface area contributed by atoms with Crippen molar-refractivity contribution in [3.05, 3.63) is 72.9 Å². The van der Waals surface area contributed by atoms with Crippen molar-refractivity contribution < 1.29 is 28.6 Å². The second kappa shape index (κ2) is 67.4. The van der Waals surface area contributed by atoms with E-state index < -0.39 is 6.10 Å². The van der Waals surface area contributed by atoms with E-state index in [0.29, 0.717) is 19.3 Å². The molecule has 6 heteroatoms. The van der Waals surface area contributed by atoms with E-state index >= 15 is 0 Å². The topological polar surface area (TPSA) is 78.9 Å². The molecule has 0 heterocycles. The third-order valence-electron chi connectivity index (χ3n) is 15.2. The highest BCUT2D eigenvalue weighted by molar-refractivity contribution is 5.71. The van der Waals surface area contributed by atoms with E-state index in [1.54, 1.807) is 0 Å². The van der Waals surface area contributed by atoms with Crippen molar-refractivity contribution in [1.82, 2.24) is 0 Å². The molecule has 0 aromatic carbocycles. The van der Waals surface area contributed by atoms with Crippen LogP contribution in [0.15, 0.2) is 72.9 Å². The van der Waals surface area contributed by atoms with Gasteiger partial charge in [0.25, 0.3) is 0 Å². The van der Waals surface area contributed by atoms with Gasteiger partial charge in [-0.15, -0.1) is 0 Å². The van der Waals surface area contributed by atoms with Crippen LogP contribution in [0.4, 0.5) is 0 Å². The van der Waals surface area contributed by atoms with Gasteiger partial charge in [-0.1, -0.05) is 318 Å². The van der Waals surface area contributed by atoms with Crippen molar-refractivity contribution in [3.63, 3.8) is 0 Å². The third-order valence-corrected chi connectivity index (χ3v) is 15.2. The second-order valence-corrected chi connectivity index (χ2v) is 23.1. The molecule has 6 nitrogen and oxygen atoms in total. The van der Waals surface area contributed by atoms with E-state index in [4.69, 9.17) is 14.2 Å². The van der Waals surface area contributed by atoms with Gasteiger partial charge in [-0.3, -0.25) is 14.4 Å². The molecule has 0 aliphatic rings. The molecule has 0 rings (SSSR count). The maximum Gasteiger partial charge on any atom is 0.306 e. The van der Waals surface area contributed by atoms with Crippen molar-refractivity contribution in [3.8, 4) is 0 Å². The molecule has 1 atom stereocenters. The van der Waals surface area contributed by atoms with E-state index in [9.17, 15) is 14.4 Å². The Morgan fingerprint density at radius 3 is 0.772 bits per heavy atom. The van der Waals surface area contributed by atoms with Crippen LogP contribution in [-0.4, -0.2) is 37.2 Å². The molecule has 0 aromatic rings. The molecular weight excluding hydrogens is 973 g/mol. The Labute approximate surface area is 491 Å².